The molecule has 1 saturated heterocycles. The number of imidazole rings is 1. The number of nitrogens with zero attached hydrogens (tertiary/aromatic N) is 4. The Bertz CT molecular complexity index is 1920. The maximum Gasteiger partial charge on any atom is 0.228 e. The van der Waals surface area contributed by atoms with Gasteiger partial charge < -0.3 is 41.3 Å². The summed E-state index contributed by atoms with van der Waals surface area (Å²) in [5.74, 6) is 0.106. The number of hydrogen-bond acceptors (Lipinski definition) is 11. The molecule has 61 heavy (non-hydrogen) atoms. The molecule has 15 heteroatoms. The van der Waals surface area contributed by atoms with E-state index in [2.05, 4.69) is 43.1 Å². The number of aliphatic hydroxyl groups is 3. The molecule has 5 rings (SSSR count). The zero-order valence-corrected chi connectivity index (χ0v) is 35.7. The number of aromatic nitrogens is 4. The van der Waals surface area contributed by atoms with Crippen LogP contribution in [0.5, 0.6) is 0 Å². The topological polar surface area (TPSA) is 213 Å². The number of carbonyl (C=O) groups is 3. The van der Waals surface area contributed by atoms with E-state index < -0.39 is 31.1 Å². The second kappa shape index (κ2) is 25.7. The fraction of sp³-hybridized carbons (Fsp3) is 0.565. The number of rotatable bonds is 28. The van der Waals surface area contributed by atoms with Gasteiger partial charge in [-0.3, -0.25) is 19.0 Å². The van der Waals surface area contributed by atoms with Gasteiger partial charge in [-0.1, -0.05) is 121 Å². The third-order valence-corrected chi connectivity index (χ3v) is 11.1. The molecule has 1 fully saturated rings. The van der Waals surface area contributed by atoms with Crippen LogP contribution in [0.2, 0.25) is 0 Å². The molecule has 0 saturated carbocycles. The summed E-state index contributed by atoms with van der Waals surface area (Å²) in [4.78, 5) is 50.5. The maximum atomic E-state index is 12.8. The van der Waals surface area contributed by atoms with Crippen molar-refractivity contribution in [2.24, 2.45) is 0 Å². The van der Waals surface area contributed by atoms with Crippen molar-refractivity contribution in [1.82, 2.24) is 30.2 Å². The largest absolute Gasteiger partial charge is 0.394 e. The van der Waals surface area contributed by atoms with Crippen molar-refractivity contribution in [2.75, 3.05) is 30.3 Å². The van der Waals surface area contributed by atoms with Crippen molar-refractivity contribution >= 4 is 46.1 Å². The van der Waals surface area contributed by atoms with Crippen molar-refractivity contribution in [3.05, 3.63) is 72.3 Å². The van der Waals surface area contributed by atoms with Gasteiger partial charge in [0.05, 0.1) is 25.8 Å². The summed E-state index contributed by atoms with van der Waals surface area (Å²) in [6, 6.07) is 14.4. The van der Waals surface area contributed by atoms with Crippen LogP contribution in [0.15, 0.2) is 61.2 Å². The normalized spacial score (nSPS) is 17.4. The number of aliphatic hydroxyl groups excluding tert-OH is 3. The van der Waals surface area contributed by atoms with E-state index in [0.29, 0.717) is 47.9 Å². The second-order valence-corrected chi connectivity index (χ2v) is 16.1. The minimum Gasteiger partial charge on any atom is -0.394 e. The molecule has 332 valence electrons. The van der Waals surface area contributed by atoms with Gasteiger partial charge in [-0.15, -0.1) is 0 Å². The summed E-state index contributed by atoms with van der Waals surface area (Å²) >= 11 is 0. The molecule has 1 aliphatic rings. The Kier molecular flexibility index (Phi) is 19.9. The van der Waals surface area contributed by atoms with E-state index in [1.165, 1.54) is 101 Å². The average Bonchev–Trinajstić information content (AvgIpc) is 3.82. The predicted octanol–water partition coefficient (Wildman–Crippen LogP) is 6.40. The van der Waals surface area contributed by atoms with Gasteiger partial charge in [0.25, 0.3) is 0 Å². The Morgan fingerprint density at radius 1 is 0.656 bits per heavy atom. The number of nitrogens with one attached hydrogen (secondary N) is 4. The lowest BCUT2D eigenvalue weighted by Crippen LogP contribution is -2.35. The first-order valence-electron chi connectivity index (χ1n) is 22.3. The lowest BCUT2D eigenvalue weighted by atomic mass is 10.0. The molecule has 2 aromatic carbocycles. The Morgan fingerprint density at radius 3 is 1.77 bits per heavy atom. The van der Waals surface area contributed by atoms with Crippen LogP contribution in [0.4, 0.5) is 17.2 Å². The van der Waals surface area contributed by atoms with E-state index in [0.717, 1.165) is 24.0 Å². The summed E-state index contributed by atoms with van der Waals surface area (Å²) < 4.78 is 7.12. The van der Waals surface area contributed by atoms with E-state index in [4.69, 9.17) is 4.74 Å². The standard InChI is InChI=1S/C46H66N8O7/c1-2-3-4-5-6-7-8-9-10-11-12-13-14-15-16-17-38(56)47-26-27-48-39(57)28-33-18-22-35(23-19-33)52-40(58)29-34-20-24-36(25-21-34)53-44-41-45(50-31-49-44)54(32-51-41)46-43(60)42(59)37(30-55)61-46/h18-25,31-32,37,42-43,46,55,59-60H,2-17,26-30H2,1H3,(H,47,56)(H,48,57)(H,52,58)(H,49,50,53)/t37-,42-,43-,46?/m1/s1. The molecule has 4 aromatic rings. The third kappa shape index (κ3) is 15.5. The van der Waals surface area contributed by atoms with Crippen molar-refractivity contribution in [3.63, 3.8) is 0 Å². The van der Waals surface area contributed by atoms with Gasteiger partial charge in [0.15, 0.2) is 23.2 Å². The number of hydrogen-bond donors (Lipinski definition) is 7. The van der Waals surface area contributed by atoms with Crippen LogP contribution in [0.3, 0.4) is 0 Å². The zero-order valence-electron chi connectivity index (χ0n) is 35.7. The smallest absolute Gasteiger partial charge is 0.228 e. The highest BCUT2D eigenvalue weighted by molar-refractivity contribution is 5.92. The molecule has 0 aliphatic carbocycles. The predicted molar refractivity (Wildman–Crippen MR) is 236 cm³/mol. The van der Waals surface area contributed by atoms with Crippen LogP contribution < -0.4 is 21.3 Å². The van der Waals surface area contributed by atoms with Gasteiger partial charge in [-0.05, 0) is 41.8 Å². The first-order chi connectivity index (χ1) is 29.7. The van der Waals surface area contributed by atoms with Gasteiger partial charge >= 0.3 is 0 Å². The van der Waals surface area contributed by atoms with Gasteiger partial charge in [0.2, 0.25) is 17.7 Å². The van der Waals surface area contributed by atoms with Crippen molar-refractivity contribution in [3.8, 4) is 0 Å². The first-order valence-corrected chi connectivity index (χ1v) is 22.3. The van der Waals surface area contributed by atoms with E-state index in [-0.39, 0.29) is 30.6 Å². The number of anilines is 3. The van der Waals surface area contributed by atoms with Gasteiger partial charge in [-0.25, -0.2) is 15.0 Å². The van der Waals surface area contributed by atoms with Crippen LogP contribution in [0, 0.1) is 0 Å². The summed E-state index contributed by atoms with van der Waals surface area (Å²) in [5, 5.41) is 41.9. The maximum absolute atomic E-state index is 12.8. The highest BCUT2D eigenvalue weighted by Gasteiger charge is 2.44. The van der Waals surface area contributed by atoms with Gasteiger partial charge in [-0.2, -0.15) is 0 Å². The van der Waals surface area contributed by atoms with Crippen LogP contribution in [0.25, 0.3) is 11.2 Å². The van der Waals surface area contributed by atoms with Crippen LogP contribution in [-0.2, 0) is 32.0 Å². The third-order valence-electron chi connectivity index (χ3n) is 11.1. The molecule has 1 unspecified atom stereocenters. The molecule has 0 radical (unpaired) electrons. The molecule has 3 amide bonds. The SMILES string of the molecule is CCCCCCCCCCCCCCCCCC(=O)NCCNC(=O)Cc1ccc(NC(=O)Cc2ccc(Nc3ncnc4c3ncn4C3O[C@H](CO)[C@@H](O)[C@H]3O)cc2)cc1. The average molecular weight is 843 g/mol. The van der Waals surface area contributed by atoms with Crippen LogP contribution in [-0.4, -0.2) is 90.6 Å². The fourth-order valence-corrected chi connectivity index (χ4v) is 7.58. The summed E-state index contributed by atoms with van der Waals surface area (Å²) in [6.45, 7) is 2.58. The monoisotopic (exact) mass is 843 g/mol. The summed E-state index contributed by atoms with van der Waals surface area (Å²) in [6.07, 6.45) is 18.6. The molecule has 2 aromatic heterocycles. The quantitative estimate of drug-likeness (QED) is 0.0311. The van der Waals surface area contributed by atoms with Crippen molar-refractivity contribution in [2.45, 2.75) is 147 Å². The lowest BCUT2D eigenvalue weighted by Gasteiger charge is -2.16. The van der Waals surface area contributed by atoms with Crippen LogP contribution >= 0.6 is 0 Å². The first kappa shape index (κ1) is 47.1. The second-order valence-electron chi connectivity index (χ2n) is 16.1. The van der Waals surface area contributed by atoms with E-state index >= 15 is 0 Å². The summed E-state index contributed by atoms with van der Waals surface area (Å²) in [7, 11) is 0. The van der Waals surface area contributed by atoms with E-state index in [1.54, 1.807) is 24.3 Å². The Hall–Kier alpha value is -4.96. The zero-order chi connectivity index (χ0) is 43.2. The molecular formula is C46H66N8O7. The number of carbonyl (C=O) groups excluding carboxylic acids is 3. The Morgan fingerprint density at radius 2 is 1.20 bits per heavy atom. The van der Waals surface area contributed by atoms with E-state index in [9.17, 15) is 29.7 Å². The minimum atomic E-state index is -1.28. The number of unbranched alkanes of at least 4 members (excludes halogenated alkanes) is 14. The van der Waals surface area contributed by atoms with E-state index in [1.807, 2.05) is 24.3 Å². The molecule has 0 bridgehead atoms. The molecule has 4 atom stereocenters. The Balaban J connectivity index is 0.908. The molecule has 3 heterocycles. The number of ether oxygens (including phenoxy) is 1. The van der Waals surface area contributed by atoms with Gasteiger partial charge in [0.1, 0.15) is 24.6 Å². The lowest BCUT2D eigenvalue weighted by molar-refractivity contribution is -0.122. The minimum absolute atomic E-state index is 0.0291. The summed E-state index contributed by atoms with van der Waals surface area (Å²) in [5.41, 5.74) is 3.70. The molecule has 15 nitrogen and oxygen atoms in total. The van der Waals surface area contributed by atoms with Crippen molar-refractivity contribution in [1.29, 1.82) is 0 Å². The Labute approximate surface area is 359 Å². The molecule has 7 N–H and O–H groups in total. The molecule has 1 aliphatic heterocycles. The highest BCUT2D eigenvalue weighted by Crippen LogP contribution is 2.32. The van der Waals surface area contributed by atoms with Gasteiger partial charge in [0, 0.05) is 30.9 Å². The molecular weight excluding hydrogens is 777 g/mol. The number of amides is 3. The van der Waals surface area contributed by atoms with Crippen molar-refractivity contribution < 1.29 is 34.4 Å². The fourth-order valence-electron chi connectivity index (χ4n) is 7.58. The number of fused-ring (bicyclic) bond motifs is 1. The van der Waals surface area contributed by atoms with Crippen LogP contribution in [0.1, 0.15) is 127 Å². The highest BCUT2D eigenvalue weighted by atomic mass is 16.6. The molecule has 0 spiro atoms. The number of benzene rings is 2.